The molecule has 0 heterocycles. The minimum atomic E-state index is -0.194. The highest BCUT2D eigenvalue weighted by Crippen LogP contribution is 2.23. The molecule has 1 amide bonds. The van der Waals surface area contributed by atoms with E-state index in [9.17, 15) is 4.79 Å². The zero-order chi connectivity index (χ0) is 13.1. The number of anilines is 2. The van der Waals surface area contributed by atoms with Crippen molar-refractivity contribution in [2.75, 3.05) is 11.1 Å². The number of carbonyl (C=O) groups excluding carboxylic acids is 1. The molecule has 0 fully saturated rings. The Morgan fingerprint density at radius 2 is 1.83 bits per heavy atom. The molecule has 2 aromatic rings. The molecule has 92 valence electrons. The molecule has 0 radical (unpaired) electrons. The van der Waals surface area contributed by atoms with E-state index in [0.29, 0.717) is 22.0 Å². The summed E-state index contributed by atoms with van der Waals surface area (Å²) in [5, 5.41) is 3.29. The van der Waals surface area contributed by atoms with Gasteiger partial charge in [-0.15, -0.1) is 0 Å². The Hall–Kier alpha value is -1.27. The summed E-state index contributed by atoms with van der Waals surface area (Å²) in [7, 11) is 0. The lowest BCUT2D eigenvalue weighted by Crippen LogP contribution is -2.13. The van der Waals surface area contributed by atoms with Crippen LogP contribution in [0.3, 0.4) is 0 Å². The molecule has 0 saturated heterocycles. The number of hydrogen-bond donors (Lipinski definition) is 2. The molecule has 18 heavy (non-hydrogen) atoms. The third-order valence-electron chi connectivity index (χ3n) is 2.37. The third-order valence-corrected chi connectivity index (χ3v) is 3.32. The molecule has 2 rings (SSSR count). The maximum atomic E-state index is 12.0. The summed E-state index contributed by atoms with van der Waals surface area (Å²) in [5.41, 5.74) is 7.36. The zero-order valence-electron chi connectivity index (χ0n) is 9.28. The Labute approximate surface area is 123 Å². The molecule has 2 aromatic carbocycles. The van der Waals surface area contributed by atoms with Gasteiger partial charge in [-0.3, -0.25) is 4.79 Å². The van der Waals surface area contributed by atoms with Gasteiger partial charge in [0.05, 0.1) is 11.4 Å². The van der Waals surface area contributed by atoms with Crippen LogP contribution in [0.25, 0.3) is 0 Å². The molecule has 0 spiro atoms. The summed E-state index contributed by atoms with van der Waals surface area (Å²) in [6.45, 7) is 0. The van der Waals surface area contributed by atoms with Gasteiger partial charge in [-0.05, 0) is 65.1 Å². The number of benzene rings is 2. The van der Waals surface area contributed by atoms with Crippen molar-refractivity contribution in [3.05, 3.63) is 56.6 Å². The van der Waals surface area contributed by atoms with Gasteiger partial charge in [-0.1, -0.05) is 11.6 Å². The monoisotopic (exact) mass is 372 g/mol. The number of nitrogen functional groups attached to an aromatic ring is 1. The highest BCUT2D eigenvalue weighted by atomic mass is 127. The fourth-order valence-electron chi connectivity index (χ4n) is 1.44. The third kappa shape index (κ3) is 3.14. The van der Waals surface area contributed by atoms with Gasteiger partial charge in [0.15, 0.2) is 0 Å². The zero-order valence-corrected chi connectivity index (χ0v) is 12.2. The van der Waals surface area contributed by atoms with Crippen molar-refractivity contribution < 1.29 is 4.79 Å². The Balaban J connectivity index is 2.18. The number of hydrogen-bond acceptors (Lipinski definition) is 2. The van der Waals surface area contributed by atoms with Crippen molar-refractivity contribution in [3.63, 3.8) is 0 Å². The molecule has 0 unspecified atom stereocenters. The van der Waals surface area contributed by atoms with Gasteiger partial charge in [0.1, 0.15) is 0 Å². The average molecular weight is 373 g/mol. The summed E-state index contributed by atoms with van der Waals surface area (Å²) in [5.74, 6) is -0.194. The van der Waals surface area contributed by atoms with Crippen LogP contribution in [0.15, 0.2) is 42.5 Å². The smallest absolute Gasteiger partial charge is 0.255 e. The standard InChI is InChI=1S/C13H10ClIN2O/c14-9-3-6-12(11(16)7-9)17-13(18)8-1-4-10(15)5-2-8/h1-7H,16H2,(H,17,18). The van der Waals surface area contributed by atoms with Crippen LogP contribution in [0, 0.1) is 3.57 Å². The minimum Gasteiger partial charge on any atom is -0.397 e. The molecule has 0 saturated carbocycles. The Morgan fingerprint density at radius 3 is 2.44 bits per heavy atom. The fourth-order valence-corrected chi connectivity index (χ4v) is 1.98. The lowest BCUT2D eigenvalue weighted by molar-refractivity contribution is 0.102. The molecule has 3 N–H and O–H groups in total. The van der Waals surface area contributed by atoms with E-state index in [1.165, 1.54) is 0 Å². The topological polar surface area (TPSA) is 55.1 Å². The highest BCUT2D eigenvalue weighted by molar-refractivity contribution is 14.1. The van der Waals surface area contributed by atoms with Crippen LogP contribution in [-0.4, -0.2) is 5.91 Å². The first-order valence-electron chi connectivity index (χ1n) is 5.18. The minimum absolute atomic E-state index is 0.194. The molecule has 0 aliphatic heterocycles. The first-order chi connectivity index (χ1) is 8.56. The lowest BCUT2D eigenvalue weighted by Gasteiger charge is -2.08. The lowest BCUT2D eigenvalue weighted by atomic mass is 10.2. The van der Waals surface area contributed by atoms with Crippen molar-refractivity contribution in [3.8, 4) is 0 Å². The average Bonchev–Trinajstić information content (AvgIpc) is 2.33. The van der Waals surface area contributed by atoms with Gasteiger partial charge in [-0.2, -0.15) is 0 Å². The number of amides is 1. The van der Waals surface area contributed by atoms with Crippen molar-refractivity contribution in [1.82, 2.24) is 0 Å². The number of nitrogens with one attached hydrogen (secondary N) is 1. The number of nitrogens with two attached hydrogens (primary N) is 1. The van der Waals surface area contributed by atoms with E-state index in [2.05, 4.69) is 27.9 Å². The van der Waals surface area contributed by atoms with Crippen LogP contribution in [-0.2, 0) is 0 Å². The van der Waals surface area contributed by atoms with Crippen LogP contribution in [0.2, 0.25) is 5.02 Å². The predicted octanol–water partition coefficient (Wildman–Crippen LogP) is 3.78. The van der Waals surface area contributed by atoms with Crippen molar-refractivity contribution in [1.29, 1.82) is 0 Å². The molecule has 0 aliphatic carbocycles. The molecule has 3 nitrogen and oxygen atoms in total. The molecular weight excluding hydrogens is 363 g/mol. The van der Waals surface area contributed by atoms with E-state index >= 15 is 0 Å². The Morgan fingerprint density at radius 1 is 1.17 bits per heavy atom. The SMILES string of the molecule is Nc1cc(Cl)ccc1NC(=O)c1ccc(I)cc1. The van der Waals surface area contributed by atoms with Crippen LogP contribution in [0.1, 0.15) is 10.4 Å². The van der Waals surface area contributed by atoms with Crippen LogP contribution >= 0.6 is 34.2 Å². The van der Waals surface area contributed by atoms with E-state index in [4.69, 9.17) is 17.3 Å². The maximum absolute atomic E-state index is 12.0. The molecule has 0 atom stereocenters. The quantitative estimate of drug-likeness (QED) is 0.623. The van der Waals surface area contributed by atoms with Gasteiger partial charge in [0, 0.05) is 14.2 Å². The van der Waals surface area contributed by atoms with Crippen molar-refractivity contribution >= 4 is 51.5 Å². The number of carbonyl (C=O) groups is 1. The second kappa shape index (κ2) is 5.58. The van der Waals surface area contributed by atoms with E-state index in [-0.39, 0.29) is 5.91 Å². The highest BCUT2D eigenvalue weighted by Gasteiger charge is 2.08. The van der Waals surface area contributed by atoms with Gasteiger partial charge >= 0.3 is 0 Å². The van der Waals surface area contributed by atoms with Crippen LogP contribution in [0.4, 0.5) is 11.4 Å². The van der Waals surface area contributed by atoms with E-state index in [1.54, 1.807) is 30.3 Å². The Bertz CT molecular complexity index is 584. The number of rotatable bonds is 2. The van der Waals surface area contributed by atoms with E-state index < -0.39 is 0 Å². The van der Waals surface area contributed by atoms with Crippen molar-refractivity contribution in [2.45, 2.75) is 0 Å². The van der Waals surface area contributed by atoms with Gasteiger partial charge in [0.25, 0.3) is 5.91 Å². The second-order valence-corrected chi connectivity index (χ2v) is 5.37. The first kappa shape index (κ1) is 13.2. The summed E-state index contributed by atoms with van der Waals surface area (Å²) < 4.78 is 1.08. The molecular formula is C13H10ClIN2O. The van der Waals surface area contributed by atoms with E-state index in [1.807, 2.05) is 12.1 Å². The van der Waals surface area contributed by atoms with E-state index in [0.717, 1.165) is 3.57 Å². The van der Waals surface area contributed by atoms with Gasteiger partial charge in [-0.25, -0.2) is 0 Å². The molecule has 0 aliphatic rings. The predicted molar refractivity (Wildman–Crippen MR) is 83.0 cm³/mol. The summed E-state index contributed by atoms with van der Waals surface area (Å²) >= 11 is 7.98. The van der Waals surface area contributed by atoms with Gasteiger partial charge < -0.3 is 11.1 Å². The van der Waals surface area contributed by atoms with Crippen LogP contribution in [0.5, 0.6) is 0 Å². The van der Waals surface area contributed by atoms with Crippen LogP contribution < -0.4 is 11.1 Å². The molecule has 0 aromatic heterocycles. The number of halogens is 2. The largest absolute Gasteiger partial charge is 0.397 e. The maximum Gasteiger partial charge on any atom is 0.255 e. The summed E-state index contributed by atoms with van der Waals surface area (Å²) in [6.07, 6.45) is 0. The first-order valence-corrected chi connectivity index (χ1v) is 6.64. The van der Waals surface area contributed by atoms with Crippen molar-refractivity contribution in [2.24, 2.45) is 0 Å². The molecule has 0 bridgehead atoms. The normalized spacial score (nSPS) is 10.1. The Kier molecular flexibility index (Phi) is 4.08. The second-order valence-electron chi connectivity index (χ2n) is 3.69. The summed E-state index contributed by atoms with van der Waals surface area (Å²) in [6, 6.07) is 12.3. The molecule has 5 heteroatoms. The fraction of sp³-hybridized carbons (Fsp3) is 0. The van der Waals surface area contributed by atoms with Gasteiger partial charge in [0.2, 0.25) is 0 Å². The summed E-state index contributed by atoms with van der Waals surface area (Å²) in [4.78, 5) is 12.0.